The minimum absolute atomic E-state index is 0.0789. The van der Waals surface area contributed by atoms with E-state index in [1.54, 1.807) is 11.8 Å². The summed E-state index contributed by atoms with van der Waals surface area (Å²) >= 11 is 7.57. The summed E-state index contributed by atoms with van der Waals surface area (Å²) in [4.78, 5) is 13.0. The molecule has 0 saturated heterocycles. The zero-order valence-electron chi connectivity index (χ0n) is 13.0. The van der Waals surface area contributed by atoms with Crippen LogP contribution in [0.1, 0.15) is 23.7 Å². The summed E-state index contributed by atoms with van der Waals surface area (Å²) in [5.74, 6) is -0.0789. The van der Waals surface area contributed by atoms with Gasteiger partial charge in [0, 0.05) is 22.9 Å². The second-order valence-corrected chi connectivity index (χ2v) is 6.54. The van der Waals surface area contributed by atoms with Gasteiger partial charge in [-0.1, -0.05) is 35.9 Å². The Morgan fingerprint density at radius 1 is 1.26 bits per heavy atom. The minimum atomic E-state index is -0.693. The second-order valence-electron chi connectivity index (χ2n) is 5.22. The predicted molar refractivity (Wildman–Crippen MR) is 96.0 cm³/mol. The van der Waals surface area contributed by atoms with E-state index in [9.17, 15) is 9.90 Å². The van der Waals surface area contributed by atoms with Crippen LogP contribution in [0.3, 0.4) is 0 Å². The second kappa shape index (κ2) is 8.96. The van der Waals surface area contributed by atoms with E-state index in [-0.39, 0.29) is 12.5 Å². The number of benzene rings is 2. The fourth-order valence-corrected chi connectivity index (χ4v) is 2.81. The number of carbonyl (C=O) groups excluding carboxylic acids is 1. The van der Waals surface area contributed by atoms with Crippen molar-refractivity contribution in [1.29, 1.82) is 0 Å². The zero-order chi connectivity index (χ0) is 16.7. The number of aliphatic hydroxyl groups is 1. The molecule has 0 aliphatic carbocycles. The summed E-state index contributed by atoms with van der Waals surface area (Å²) < 4.78 is 0. The number of aliphatic hydroxyl groups excluding tert-OH is 1. The van der Waals surface area contributed by atoms with Crippen molar-refractivity contribution in [2.24, 2.45) is 0 Å². The average molecular weight is 350 g/mol. The lowest BCUT2D eigenvalue weighted by atomic mass is 10.1. The topological polar surface area (TPSA) is 49.3 Å². The van der Waals surface area contributed by atoms with E-state index in [2.05, 4.69) is 5.32 Å². The maximum Gasteiger partial charge on any atom is 0.220 e. The van der Waals surface area contributed by atoms with Crippen LogP contribution in [-0.2, 0) is 11.2 Å². The molecule has 5 heteroatoms. The van der Waals surface area contributed by atoms with Crippen LogP contribution >= 0.6 is 23.4 Å². The molecule has 0 saturated carbocycles. The third-order valence-corrected chi connectivity index (χ3v) is 4.50. The van der Waals surface area contributed by atoms with Crippen molar-refractivity contribution in [3.8, 4) is 0 Å². The molecular weight excluding hydrogens is 330 g/mol. The standard InChI is InChI=1S/C18H20ClNO2S/c1-23-16-8-6-14(7-9-16)17(21)12-20-18(22)10-5-13-3-2-4-15(19)11-13/h2-4,6-9,11,17,21H,5,10,12H2,1H3,(H,20,22). The van der Waals surface area contributed by atoms with Gasteiger partial charge in [-0.25, -0.2) is 0 Å². The number of carbonyl (C=O) groups is 1. The minimum Gasteiger partial charge on any atom is -0.387 e. The van der Waals surface area contributed by atoms with Crippen LogP contribution in [-0.4, -0.2) is 23.8 Å². The molecule has 2 N–H and O–H groups in total. The quantitative estimate of drug-likeness (QED) is 0.746. The highest BCUT2D eigenvalue weighted by molar-refractivity contribution is 7.98. The van der Waals surface area contributed by atoms with Crippen molar-refractivity contribution >= 4 is 29.3 Å². The maximum absolute atomic E-state index is 11.9. The van der Waals surface area contributed by atoms with Crippen LogP contribution in [0.5, 0.6) is 0 Å². The summed E-state index contributed by atoms with van der Waals surface area (Å²) in [7, 11) is 0. The lowest BCUT2D eigenvalue weighted by molar-refractivity contribution is -0.121. The van der Waals surface area contributed by atoms with Gasteiger partial charge >= 0.3 is 0 Å². The maximum atomic E-state index is 11.9. The third kappa shape index (κ3) is 5.90. The first kappa shape index (κ1) is 17.9. The normalized spacial score (nSPS) is 12.0. The molecule has 0 aliphatic heterocycles. The molecule has 1 unspecified atom stereocenters. The first-order chi connectivity index (χ1) is 11.1. The van der Waals surface area contributed by atoms with E-state index in [1.807, 2.05) is 54.8 Å². The fourth-order valence-electron chi connectivity index (χ4n) is 2.19. The lowest BCUT2D eigenvalue weighted by Gasteiger charge is -2.13. The molecule has 2 aromatic carbocycles. The van der Waals surface area contributed by atoms with E-state index < -0.39 is 6.10 Å². The molecule has 0 aromatic heterocycles. The van der Waals surface area contributed by atoms with Gasteiger partial charge in [-0.15, -0.1) is 11.8 Å². The van der Waals surface area contributed by atoms with Gasteiger partial charge in [-0.2, -0.15) is 0 Å². The van der Waals surface area contributed by atoms with Crippen LogP contribution < -0.4 is 5.32 Å². The largest absolute Gasteiger partial charge is 0.387 e. The van der Waals surface area contributed by atoms with Crippen molar-refractivity contribution in [2.75, 3.05) is 12.8 Å². The molecule has 0 bridgehead atoms. The van der Waals surface area contributed by atoms with Crippen LogP contribution in [0.2, 0.25) is 5.02 Å². The van der Waals surface area contributed by atoms with Crippen LogP contribution in [0.25, 0.3) is 0 Å². The van der Waals surface area contributed by atoms with Gasteiger partial charge in [0.15, 0.2) is 0 Å². The summed E-state index contributed by atoms with van der Waals surface area (Å²) in [5.41, 5.74) is 1.83. The van der Waals surface area contributed by atoms with E-state index in [1.165, 1.54) is 0 Å². The monoisotopic (exact) mass is 349 g/mol. The van der Waals surface area contributed by atoms with Crippen molar-refractivity contribution in [2.45, 2.75) is 23.8 Å². The SMILES string of the molecule is CSc1ccc(C(O)CNC(=O)CCc2cccc(Cl)c2)cc1. The molecule has 2 rings (SSSR count). The average Bonchev–Trinajstić information content (AvgIpc) is 2.58. The highest BCUT2D eigenvalue weighted by Crippen LogP contribution is 2.18. The number of aryl methyl sites for hydroxylation is 1. The van der Waals surface area contributed by atoms with Gasteiger partial charge in [-0.3, -0.25) is 4.79 Å². The van der Waals surface area contributed by atoms with E-state index in [0.717, 1.165) is 16.0 Å². The Kier molecular flexibility index (Phi) is 6.96. The molecular formula is C18H20ClNO2S. The van der Waals surface area contributed by atoms with E-state index >= 15 is 0 Å². The van der Waals surface area contributed by atoms with Gasteiger partial charge < -0.3 is 10.4 Å². The Labute approximate surface area is 146 Å². The van der Waals surface area contributed by atoms with Gasteiger partial charge in [0.05, 0.1) is 6.10 Å². The number of thioether (sulfide) groups is 1. The molecule has 3 nitrogen and oxygen atoms in total. The number of rotatable bonds is 7. The van der Waals surface area contributed by atoms with E-state index in [0.29, 0.717) is 17.9 Å². The Bertz CT molecular complexity index is 646. The highest BCUT2D eigenvalue weighted by atomic mass is 35.5. The molecule has 23 heavy (non-hydrogen) atoms. The first-order valence-electron chi connectivity index (χ1n) is 7.41. The Morgan fingerprint density at radius 2 is 2.00 bits per heavy atom. The molecule has 0 heterocycles. The van der Waals surface area contributed by atoms with Gasteiger partial charge in [0.25, 0.3) is 0 Å². The summed E-state index contributed by atoms with van der Waals surface area (Å²) in [6, 6.07) is 15.2. The third-order valence-electron chi connectivity index (χ3n) is 3.52. The Hall–Kier alpha value is -1.49. The molecule has 0 spiro atoms. The molecule has 0 fully saturated rings. The van der Waals surface area contributed by atoms with Crippen molar-refractivity contribution in [3.05, 3.63) is 64.7 Å². The molecule has 122 valence electrons. The molecule has 0 aliphatic rings. The van der Waals surface area contributed by atoms with Crippen molar-refractivity contribution in [3.63, 3.8) is 0 Å². The lowest BCUT2D eigenvalue weighted by Crippen LogP contribution is -2.28. The molecule has 1 amide bonds. The predicted octanol–water partition coefficient (Wildman–Crippen LogP) is 3.84. The van der Waals surface area contributed by atoms with Crippen molar-refractivity contribution in [1.82, 2.24) is 5.32 Å². The van der Waals surface area contributed by atoms with Gasteiger partial charge in [0.2, 0.25) is 5.91 Å². The summed E-state index contributed by atoms with van der Waals surface area (Å²) in [6.07, 6.45) is 2.32. The van der Waals surface area contributed by atoms with Crippen LogP contribution in [0.15, 0.2) is 53.4 Å². The van der Waals surface area contributed by atoms with Crippen LogP contribution in [0.4, 0.5) is 0 Å². The molecule has 2 aromatic rings. The van der Waals surface area contributed by atoms with Gasteiger partial charge in [-0.05, 0) is 48.1 Å². The zero-order valence-corrected chi connectivity index (χ0v) is 14.5. The summed E-state index contributed by atoms with van der Waals surface area (Å²) in [6.45, 7) is 0.215. The number of amides is 1. The number of hydrogen-bond acceptors (Lipinski definition) is 3. The number of nitrogens with one attached hydrogen (secondary N) is 1. The van der Waals surface area contributed by atoms with E-state index in [4.69, 9.17) is 11.6 Å². The summed E-state index contributed by atoms with van der Waals surface area (Å²) in [5, 5.41) is 13.6. The number of halogens is 1. The first-order valence-corrected chi connectivity index (χ1v) is 9.02. The fraction of sp³-hybridized carbons (Fsp3) is 0.278. The molecule has 0 radical (unpaired) electrons. The molecule has 1 atom stereocenters. The highest BCUT2D eigenvalue weighted by Gasteiger charge is 2.09. The number of hydrogen-bond donors (Lipinski definition) is 2. The Balaban J connectivity index is 1.76. The smallest absolute Gasteiger partial charge is 0.220 e. The van der Waals surface area contributed by atoms with Gasteiger partial charge in [0.1, 0.15) is 0 Å². The van der Waals surface area contributed by atoms with Crippen molar-refractivity contribution < 1.29 is 9.90 Å². The Morgan fingerprint density at radius 3 is 2.65 bits per heavy atom. The van der Waals surface area contributed by atoms with Crippen LogP contribution in [0, 0.1) is 0 Å².